The first-order valence-electron chi connectivity index (χ1n) is 12.8. The predicted molar refractivity (Wildman–Crippen MR) is 154 cm³/mol. The van der Waals surface area contributed by atoms with Crippen molar-refractivity contribution in [2.75, 3.05) is 21.3 Å². The van der Waals surface area contributed by atoms with Gasteiger partial charge in [-0.15, -0.1) is 10.2 Å². The lowest BCUT2D eigenvalue weighted by atomic mass is 10.0. The van der Waals surface area contributed by atoms with Crippen molar-refractivity contribution in [3.05, 3.63) is 72.3 Å². The Hall–Kier alpha value is -4.92. The van der Waals surface area contributed by atoms with Crippen LogP contribution in [0.25, 0.3) is 33.1 Å². The highest BCUT2D eigenvalue weighted by atomic mass is 16.5. The van der Waals surface area contributed by atoms with Gasteiger partial charge in [-0.25, -0.2) is 4.98 Å². The van der Waals surface area contributed by atoms with Crippen LogP contribution in [0.15, 0.2) is 77.0 Å². The fraction of sp³-hybridized carbons (Fsp3) is 0.226. The Morgan fingerprint density at radius 1 is 0.925 bits per heavy atom. The molecule has 0 aliphatic heterocycles. The molecule has 204 valence electrons. The van der Waals surface area contributed by atoms with Crippen molar-refractivity contribution in [2.24, 2.45) is 16.1 Å². The van der Waals surface area contributed by atoms with Crippen molar-refractivity contribution in [3.63, 3.8) is 0 Å². The smallest absolute Gasteiger partial charge is 0.296 e. The minimum Gasteiger partial charge on any atom is -0.493 e. The number of pyridine rings is 1. The molecule has 40 heavy (non-hydrogen) atoms. The summed E-state index contributed by atoms with van der Waals surface area (Å²) in [6.45, 7) is 4.74. The van der Waals surface area contributed by atoms with Crippen LogP contribution in [0.1, 0.15) is 24.2 Å². The first-order valence-corrected chi connectivity index (χ1v) is 12.8. The molecule has 0 atom stereocenters. The second kappa shape index (κ2) is 11.1. The standard InChI is InChI=1S/C31H30N4O5/c1-18(2)17-35-25-13-9-7-11-21(25)28(31(35)37)33-34-30(36)22-16-24(32-23-12-8-6-10-20(22)23)19-14-26(38-3)29(40-5)27(15-19)39-4/h6-16,18,37H,17H2,1-5H3. The van der Waals surface area contributed by atoms with Crippen LogP contribution in [0, 0.1) is 5.92 Å². The highest BCUT2D eigenvalue weighted by Gasteiger charge is 2.20. The van der Waals surface area contributed by atoms with E-state index in [1.54, 1.807) is 22.8 Å². The van der Waals surface area contributed by atoms with Crippen molar-refractivity contribution in [2.45, 2.75) is 20.4 Å². The van der Waals surface area contributed by atoms with E-state index in [1.165, 1.54) is 21.3 Å². The number of fused-ring (bicyclic) bond motifs is 2. The number of benzene rings is 3. The monoisotopic (exact) mass is 538 g/mol. The third kappa shape index (κ3) is 4.82. The van der Waals surface area contributed by atoms with E-state index in [4.69, 9.17) is 19.2 Å². The molecule has 3 aromatic carbocycles. The molecule has 2 aromatic heterocycles. The second-order valence-corrected chi connectivity index (χ2v) is 9.69. The molecule has 0 aliphatic rings. The van der Waals surface area contributed by atoms with Crippen LogP contribution in [0.2, 0.25) is 0 Å². The summed E-state index contributed by atoms with van der Waals surface area (Å²) in [6.07, 6.45) is 0. The van der Waals surface area contributed by atoms with E-state index in [-0.39, 0.29) is 11.6 Å². The number of aromatic hydroxyl groups is 1. The quantitative estimate of drug-likeness (QED) is 0.210. The molecule has 1 N–H and O–H groups in total. The maximum Gasteiger partial charge on any atom is 0.296 e. The average Bonchev–Trinajstić information content (AvgIpc) is 3.23. The maximum atomic E-state index is 13.5. The molecule has 9 heteroatoms. The zero-order chi connectivity index (χ0) is 28.4. The Morgan fingerprint density at radius 3 is 2.23 bits per heavy atom. The number of amides is 1. The van der Waals surface area contributed by atoms with Crippen LogP contribution in [0.3, 0.4) is 0 Å². The van der Waals surface area contributed by atoms with E-state index in [0.29, 0.717) is 57.4 Å². The molecule has 9 nitrogen and oxygen atoms in total. The Labute approximate surface area is 231 Å². The number of rotatable bonds is 8. The van der Waals surface area contributed by atoms with Crippen LogP contribution >= 0.6 is 0 Å². The van der Waals surface area contributed by atoms with Crippen LogP contribution < -0.4 is 14.2 Å². The number of carbonyl (C=O) groups excluding carboxylic acids is 1. The summed E-state index contributed by atoms with van der Waals surface area (Å²) in [5.74, 6) is 1.10. The summed E-state index contributed by atoms with van der Waals surface area (Å²) in [7, 11) is 4.61. The largest absolute Gasteiger partial charge is 0.493 e. The van der Waals surface area contributed by atoms with E-state index in [9.17, 15) is 9.90 Å². The van der Waals surface area contributed by atoms with Crippen molar-refractivity contribution in [3.8, 4) is 34.4 Å². The van der Waals surface area contributed by atoms with Crippen LogP contribution in [-0.2, 0) is 6.54 Å². The number of methoxy groups -OCH3 is 3. The molecule has 0 saturated heterocycles. The molecular weight excluding hydrogens is 508 g/mol. The van der Waals surface area contributed by atoms with Crippen molar-refractivity contribution in [1.29, 1.82) is 0 Å². The molecule has 0 unspecified atom stereocenters. The van der Waals surface area contributed by atoms with Gasteiger partial charge < -0.3 is 23.9 Å². The summed E-state index contributed by atoms with van der Waals surface area (Å²) in [6, 6.07) is 20.1. The minimum atomic E-state index is -0.563. The highest BCUT2D eigenvalue weighted by Crippen LogP contribution is 2.42. The lowest BCUT2D eigenvalue weighted by Crippen LogP contribution is -2.03. The fourth-order valence-electron chi connectivity index (χ4n) is 4.80. The Kier molecular flexibility index (Phi) is 7.37. The molecule has 0 bridgehead atoms. The van der Waals surface area contributed by atoms with Gasteiger partial charge in [-0.1, -0.05) is 50.2 Å². The molecule has 2 heterocycles. The maximum absolute atomic E-state index is 13.5. The molecule has 0 radical (unpaired) electrons. The van der Waals surface area contributed by atoms with E-state index in [1.807, 2.05) is 48.5 Å². The summed E-state index contributed by atoms with van der Waals surface area (Å²) in [5.41, 5.74) is 3.21. The number of ether oxygens (including phenoxy) is 3. The van der Waals surface area contributed by atoms with Crippen LogP contribution in [0.5, 0.6) is 23.1 Å². The lowest BCUT2D eigenvalue weighted by Gasteiger charge is -2.14. The molecule has 0 saturated carbocycles. The van der Waals surface area contributed by atoms with Gasteiger partial charge in [-0.3, -0.25) is 4.79 Å². The van der Waals surface area contributed by atoms with Crippen molar-refractivity contribution < 1.29 is 24.1 Å². The zero-order valence-electron chi connectivity index (χ0n) is 23.0. The molecular formula is C31H30N4O5. The molecule has 5 rings (SSSR count). The Balaban J connectivity index is 1.61. The molecule has 0 fully saturated rings. The minimum absolute atomic E-state index is 0.0239. The van der Waals surface area contributed by atoms with E-state index in [2.05, 4.69) is 24.1 Å². The average molecular weight is 539 g/mol. The Bertz CT molecular complexity index is 1730. The van der Waals surface area contributed by atoms with Gasteiger partial charge in [0.05, 0.1) is 43.6 Å². The Morgan fingerprint density at radius 2 is 1.57 bits per heavy atom. The summed E-state index contributed by atoms with van der Waals surface area (Å²) >= 11 is 0. The number of hydrogen-bond acceptors (Lipinski definition) is 7. The first kappa shape index (κ1) is 26.7. The molecule has 5 aromatic rings. The molecule has 0 spiro atoms. The number of azo groups is 1. The SMILES string of the molecule is COc1cc(-c2cc(C(=O)N=Nc3c(O)n(CC(C)C)c4ccccc34)c3ccccc3n2)cc(OC)c1OC. The molecule has 1 amide bonds. The third-order valence-corrected chi connectivity index (χ3v) is 6.61. The first-order chi connectivity index (χ1) is 19.4. The topological polar surface area (TPSA) is 108 Å². The summed E-state index contributed by atoms with van der Waals surface area (Å²) in [4.78, 5) is 18.3. The number of hydrogen-bond donors (Lipinski definition) is 1. The normalized spacial score (nSPS) is 11.6. The number of nitrogens with zero attached hydrogens (tertiary/aromatic N) is 4. The van der Waals surface area contributed by atoms with Crippen molar-refractivity contribution >= 4 is 33.4 Å². The fourth-order valence-corrected chi connectivity index (χ4v) is 4.80. The van der Waals surface area contributed by atoms with Gasteiger partial charge in [0, 0.05) is 22.9 Å². The van der Waals surface area contributed by atoms with Gasteiger partial charge in [0.1, 0.15) is 0 Å². The number of carbonyl (C=O) groups is 1. The van der Waals surface area contributed by atoms with Crippen LogP contribution in [-0.4, -0.2) is 41.9 Å². The molecule has 0 aliphatic carbocycles. The van der Waals surface area contributed by atoms with Gasteiger partial charge >= 0.3 is 0 Å². The second-order valence-electron chi connectivity index (χ2n) is 9.69. The lowest BCUT2D eigenvalue weighted by molar-refractivity contribution is 0.0996. The van der Waals surface area contributed by atoms with E-state index in [0.717, 1.165) is 10.9 Å². The van der Waals surface area contributed by atoms with Gasteiger partial charge in [0.25, 0.3) is 5.91 Å². The van der Waals surface area contributed by atoms with Gasteiger partial charge in [-0.2, -0.15) is 0 Å². The summed E-state index contributed by atoms with van der Waals surface area (Å²) in [5, 5.41) is 20.7. The van der Waals surface area contributed by atoms with Gasteiger partial charge in [0.2, 0.25) is 11.6 Å². The van der Waals surface area contributed by atoms with Gasteiger partial charge in [-0.05, 0) is 36.2 Å². The third-order valence-electron chi connectivity index (χ3n) is 6.61. The zero-order valence-corrected chi connectivity index (χ0v) is 23.0. The highest BCUT2D eigenvalue weighted by molar-refractivity contribution is 6.07. The van der Waals surface area contributed by atoms with Crippen molar-refractivity contribution in [1.82, 2.24) is 9.55 Å². The van der Waals surface area contributed by atoms with E-state index < -0.39 is 5.91 Å². The predicted octanol–water partition coefficient (Wildman–Crippen LogP) is 7.17. The van der Waals surface area contributed by atoms with Crippen LogP contribution in [0.4, 0.5) is 5.69 Å². The van der Waals surface area contributed by atoms with Gasteiger partial charge in [0.15, 0.2) is 17.2 Å². The number of aromatic nitrogens is 2. The van der Waals surface area contributed by atoms with E-state index >= 15 is 0 Å². The number of para-hydroxylation sites is 2. The summed E-state index contributed by atoms with van der Waals surface area (Å²) < 4.78 is 18.3.